The van der Waals surface area contributed by atoms with Crippen LogP contribution in [-0.2, 0) is 30.1 Å². The minimum Gasteiger partial charge on any atom is -0.465 e. The van der Waals surface area contributed by atoms with Crippen molar-refractivity contribution in [2.24, 2.45) is 0 Å². The van der Waals surface area contributed by atoms with Gasteiger partial charge in [0.2, 0.25) is 6.29 Å². The highest BCUT2D eigenvalue weighted by atomic mass is 16.9. The summed E-state index contributed by atoms with van der Waals surface area (Å²) < 4.78 is 39.0. The molecule has 1 rings (SSSR count). The Morgan fingerprint density at radius 1 is 0.634 bits per heavy atom. The van der Waals surface area contributed by atoms with E-state index in [1.165, 1.54) is 56.9 Å². The summed E-state index contributed by atoms with van der Waals surface area (Å²) in [4.78, 5) is 0. The van der Waals surface area contributed by atoms with Gasteiger partial charge in [0.1, 0.15) is 5.75 Å². The van der Waals surface area contributed by atoms with Crippen molar-refractivity contribution < 1.29 is 32.9 Å². The van der Waals surface area contributed by atoms with Crippen molar-refractivity contribution in [2.45, 2.75) is 137 Å². The van der Waals surface area contributed by atoms with Gasteiger partial charge >= 0.3 is 11.9 Å². The number of hydrogen-bond acceptors (Lipinski definition) is 6. The number of benzene rings is 1. The molecule has 0 saturated heterocycles. The van der Waals surface area contributed by atoms with E-state index in [-0.39, 0.29) is 0 Å². The van der Waals surface area contributed by atoms with Gasteiger partial charge in [-0.15, -0.1) is 0 Å². The maximum absolute atomic E-state index is 6.82. The zero-order valence-corrected chi connectivity index (χ0v) is 28.1. The Kier molecular flexibility index (Phi) is 19.0. The fourth-order valence-corrected chi connectivity index (χ4v) is 5.43. The van der Waals surface area contributed by atoms with Gasteiger partial charge in [-0.2, -0.15) is 0 Å². The number of ether oxygens (including phenoxy) is 6. The molecule has 2 unspecified atom stereocenters. The summed E-state index contributed by atoms with van der Waals surface area (Å²) in [6, 6.07) is 8.11. The van der Waals surface area contributed by atoms with Gasteiger partial charge in [-0.3, -0.25) is 14.0 Å². The van der Waals surface area contributed by atoms with Gasteiger partial charge in [0, 0.05) is 0 Å². The van der Waals surface area contributed by atoms with E-state index < -0.39 is 18.2 Å². The summed E-state index contributed by atoms with van der Waals surface area (Å²) in [7, 11) is 4.22. The standard InChI is InChI=1S/C34H64NO6/c1-10-16-17-18-19-20-21-22-23-24-29-35(8,9)33(36-12-3,34(37-13-4,38-14-5)39-15-6)41-30(7)40-32-27-25-31(11-2)26-28-32/h25-28,30H,10-24,29H2,1-9H3/q+1. The van der Waals surface area contributed by atoms with Crippen molar-refractivity contribution in [2.75, 3.05) is 47.1 Å². The van der Waals surface area contributed by atoms with Crippen LogP contribution in [0.5, 0.6) is 5.75 Å². The average Bonchev–Trinajstić information content (AvgIpc) is 2.94. The van der Waals surface area contributed by atoms with E-state index in [0.717, 1.165) is 31.6 Å². The Morgan fingerprint density at radius 3 is 1.54 bits per heavy atom. The number of likely N-dealkylation sites (N-methyl/N-ethyl adjacent to an activating group) is 1. The predicted molar refractivity (Wildman–Crippen MR) is 168 cm³/mol. The molecule has 7 heteroatoms. The third-order valence-corrected chi connectivity index (χ3v) is 7.56. The Balaban J connectivity index is 3.18. The quantitative estimate of drug-likeness (QED) is 0.0621. The zero-order chi connectivity index (χ0) is 30.6. The molecule has 0 bridgehead atoms. The number of quaternary nitrogens is 1. The van der Waals surface area contributed by atoms with E-state index in [9.17, 15) is 0 Å². The Hall–Kier alpha value is -1.22. The SMILES string of the molecule is CCCCCCCCCCCC[N+](C)(C)C(OCC)(OC(C)Oc1ccc(CC)cc1)C(OCC)(OCC)OCC. The molecule has 0 aliphatic rings. The van der Waals surface area contributed by atoms with E-state index in [0.29, 0.717) is 30.9 Å². The topological polar surface area (TPSA) is 55.4 Å². The molecule has 41 heavy (non-hydrogen) atoms. The van der Waals surface area contributed by atoms with Crippen LogP contribution in [0, 0.1) is 0 Å². The number of hydrogen-bond donors (Lipinski definition) is 0. The van der Waals surface area contributed by atoms with Crippen molar-refractivity contribution in [3.63, 3.8) is 0 Å². The second-order valence-corrected chi connectivity index (χ2v) is 11.3. The third kappa shape index (κ3) is 11.8. The zero-order valence-electron chi connectivity index (χ0n) is 28.1. The van der Waals surface area contributed by atoms with Gasteiger partial charge in [-0.05, 0) is 71.6 Å². The van der Waals surface area contributed by atoms with Gasteiger partial charge in [0.05, 0.1) is 47.1 Å². The summed E-state index contributed by atoms with van der Waals surface area (Å²) in [5.74, 6) is -2.31. The highest BCUT2D eigenvalue weighted by Gasteiger charge is 2.70. The van der Waals surface area contributed by atoms with Crippen LogP contribution in [0.2, 0.25) is 0 Å². The van der Waals surface area contributed by atoms with E-state index in [1.54, 1.807) is 0 Å². The monoisotopic (exact) mass is 582 g/mol. The molecule has 0 aliphatic heterocycles. The van der Waals surface area contributed by atoms with E-state index >= 15 is 0 Å². The molecule has 0 aliphatic carbocycles. The number of rotatable bonds is 26. The molecule has 7 nitrogen and oxygen atoms in total. The molecule has 0 heterocycles. The lowest BCUT2D eigenvalue weighted by atomic mass is 10.1. The predicted octanol–water partition coefficient (Wildman–Crippen LogP) is 8.44. The van der Waals surface area contributed by atoms with Crippen LogP contribution < -0.4 is 4.74 Å². The number of aryl methyl sites for hydroxylation is 1. The second kappa shape index (κ2) is 20.6. The fraction of sp³-hybridized carbons (Fsp3) is 0.824. The molecule has 0 N–H and O–H groups in total. The molecule has 1 aromatic rings. The van der Waals surface area contributed by atoms with Crippen molar-refractivity contribution >= 4 is 0 Å². The van der Waals surface area contributed by atoms with E-state index in [1.807, 2.05) is 46.8 Å². The first-order valence-corrected chi connectivity index (χ1v) is 16.5. The first-order chi connectivity index (χ1) is 19.7. The van der Waals surface area contributed by atoms with Crippen LogP contribution in [0.4, 0.5) is 0 Å². The Morgan fingerprint density at radius 2 is 1.10 bits per heavy atom. The number of unbranched alkanes of at least 4 members (excludes halogenated alkanes) is 9. The maximum Gasteiger partial charge on any atom is 0.408 e. The first-order valence-electron chi connectivity index (χ1n) is 16.5. The largest absolute Gasteiger partial charge is 0.465 e. The Bertz CT molecular complexity index is 754. The fourth-order valence-electron chi connectivity index (χ4n) is 5.43. The van der Waals surface area contributed by atoms with Crippen LogP contribution >= 0.6 is 0 Å². The highest BCUT2D eigenvalue weighted by molar-refractivity contribution is 5.27. The third-order valence-electron chi connectivity index (χ3n) is 7.56. The van der Waals surface area contributed by atoms with Gasteiger partial charge in [0.15, 0.2) is 0 Å². The van der Waals surface area contributed by atoms with Gasteiger partial charge in [-0.25, -0.2) is 0 Å². The minimum absolute atomic E-state index is 0.320. The number of nitrogens with zero attached hydrogens (tertiary/aromatic N) is 1. The molecular weight excluding hydrogens is 518 g/mol. The molecule has 0 amide bonds. The molecule has 240 valence electrons. The van der Waals surface area contributed by atoms with Gasteiger partial charge in [-0.1, -0.05) is 77.3 Å². The lowest BCUT2D eigenvalue weighted by Gasteiger charge is -2.53. The summed E-state index contributed by atoms with van der Waals surface area (Å²) >= 11 is 0. The summed E-state index contributed by atoms with van der Waals surface area (Å²) in [6.45, 7) is 16.3. The lowest BCUT2D eigenvalue weighted by molar-refractivity contribution is -1.02. The Labute approximate surface area is 252 Å². The van der Waals surface area contributed by atoms with Gasteiger partial charge < -0.3 is 18.9 Å². The summed E-state index contributed by atoms with van der Waals surface area (Å²) in [5, 5.41) is 0. The molecule has 0 fully saturated rings. The summed E-state index contributed by atoms with van der Waals surface area (Å²) in [6.07, 6.45) is 13.1. The van der Waals surface area contributed by atoms with Crippen LogP contribution in [0.25, 0.3) is 0 Å². The second-order valence-electron chi connectivity index (χ2n) is 11.3. The van der Waals surface area contributed by atoms with Gasteiger partial charge in [0.25, 0.3) is 0 Å². The lowest BCUT2D eigenvalue weighted by Crippen LogP contribution is -2.77. The maximum atomic E-state index is 6.82. The molecule has 0 spiro atoms. The first kappa shape index (κ1) is 37.8. The van der Waals surface area contributed by atoms with Crippen molar-refractivity contribution in [3.05, 3.63) is 29.8 Å². The highest BCUT2D eigenvalue weighted by Crippen LogP contribution is 2.42. The molecule has 0 radical (unpaired) electrons. The van der Waals surface area contributed by atoms with Crippen LogP contribution in [0.1, 0.15) is 118 Å². The van der Waals surface area contributed by atoms with E-state index in [4.69, 9.17) is 28.4 Å². The molecule has 2 atom stereocenters. The smallest absolute Gasteiger partial charge is 0.408 e. The molecule has 0 aromatic heterocycles. The molecule has 0 saturated carbocycles. The normalized spacial score (nSPS) is 14.7. The van der Waals surface area contributed by atoms with Crippen LogP contribution in [-0.4, -0.2) is 69.7 Å². The molecule has 1 aromatic carbocycles. The van der Waals surface area contributed by atoms with Crippen molar-refractivity contribution in [1.82, 2.24) is 0 Å². The van der Waals surface area contributed by atoms with Crippen molar-refractivity contribution in [1.29, 1.82) is 0 Å². The minimum atomic E-state index is -1.59. The van der Waals surface area contributed by atoms with Crippen LogP contribution in [0.15, 0.2) is 24.3 Å². The van der Waals surface area contributed by atoms with E-state index in [2.05, 4.69) is 40.1 Å². The summed E-state index contributed by atoms with van der Waals surface area (Å²) in [5.41, 5.74) is 1.26. The molecular formula is C34H64NO6+. The van der Waals surface area contributed by atoms with Crippen LogP contribution in [0.3, 0.4) is 0 Å². The van der Waals surface area contributed by atoms with Crippen molar-refractivity contribution in [3.8, 4) is 5.75 Å². The average molecular weight is 583 g/mol.